The number of ether oxygens (including phenoxy) is 1. The highest BCUT2D eigenvalue weighted by molar-refractivity contribution is 6.44. The molecule has 1 unspecified atom stereocenters. The third kappa shape index (κ3) is 4.86. The Hall–Kier alpha value is -5.19. The number of aliphatic imine (C=N–C) groups is 1. The fourth-order valence-electron chi connectivity index (χ4n) is 5.43. The van der Waals surface area contributed by atoms with Gasteiger partial charge in [-0.15, -0.1) is 0 Å². The monoisotopic (exact) mass is 552 g/mol. The summed E-state index contributed by atoms with van der Waals surface area (Å²) in [5.41, 5.74) is 4.88. The summed E-state index contributed by atoms with van der Waals surface area (Å²) in [6.07, 6.45) is 8.03. The molecule has 0 saturated carbocycles. The number of fused-ring (bicyclic) bond motifs is 4. The molecule has 2 amide bonds. The van der Waals surface area contributed by atoms with Crippen molar-refractivity contribution in [1.82, 2.24) is 25.5 Å². The molecule has 4 N–H and O–H groups in total. The number of allylic oxidation sites excluding steroid dienone is 1. The summed E-state index contributed by atoms with van der Waals surface area (Å²) in [7, 11) is 0. The Labute approximate surface area is 235 Å². The molecule has 1 aromatic heterocycles. The molecule has 0 spiro atoms. The SMILES string of the molecule is C/C=C1\N=C(C(=O)NC2CCc3c2ccc(C(=O)O)c3C)C=C(C(=O)NCc2ccc3c(c2)-n2ccnc2CO3)N1. The van der Waals surface area contributed by atoms with Crippen LogP contribution in [-0.4, -0.2) is 38.2 Å². The van der Waals surface area contributed by atoms with Crippen molar-refractivity contribution >= 4 is 23.5 Å². The summed E-state index contributed by atoms with van der Waals surface area (Å²) in [6.45, 7) is 4.22. The Morgan fingerprint density at radius 1 is 1.22 bits per heavy atom. The lowest BCUT2D eigenvalue weighted by molar-refractivity contribution is -0.118. The molecule has 0 saturated heterocycles. The van der Waals surface area contributed by atoms with Crippen LogP contribution in [0.1, 0.15) is 57.8 Å². The first kappa shape index (κ1) is 26.1. The molecule has 2 aliphatic heterocycles. The van der Waals surface area contributed by atoms with Gasteiger partial charge in [0, 0.05) is 18.9 Å². The zero-order valence-corrected chi connectivity index (χ0v) is 22.5. The Bertz CT molecular complexity index is 1700. The lowest BCUT2D eigenvalue weighted by atomic mass is 9.98. The van der Waals surface area contributed by atoms with Crippen LogP contribution in [0.15, 0.2) is 71.4 Å². The minimum atomic E-state index is -0.968. The maximum absolute atomic E-state index is 13.3. The van der Waals surface area contributed by atoms with E-state index in [1.54, 1.807) is 38.3 Å². The Morgan fingerprint density at radius 3 is 2.88 bits per heavy atom. The summed E-state index contributed by atoms with van der Waals surface area (Å²) in [5.74, 6) is 0.166. The number of imidazole rings is 1. The molecule has 1 aliphatic carbocycles. The van der Waals surface area contributed by atoms with Crippen LogP contribution in [0.2, 0.25) is 0 Å². The second-order valence-corrected chi connectivity index (χ2v) is 10.0. The molecule has 1 atom stereocenters. The summed E-state index contributed by atoms with van der Waals surface area (Å²) in [6, 6.07) is 8.77. The number of nitrogens with one attached hydrogen (secondary N) is 3. The number of hydrogen-bond donors (Lipinski definition) is 4. The predicted molar refractivity (Wildman–Crippen MR) is 149 cm³/mol. The van der Waals surface area contributed by atoms with Gasteiger partial charge in [-0.3, -0.25) is 14.2 Å². The van der Waals surface area contributed by atoms with Gasteiger partial charge in [-0.25, -0.2) is 14.8 Å². The van der Waals surface area contributed by atoms with Gasteiger partial charge in [0.15, 0.2) is 5.82 Å². The number of aromatic carboxylic acids is 1. The normalized spacial score (nSPS) is 17.7. The van der Waals surface area contributed by atoms with Gasteiger partial charge in [0.2, 0.25) is 0 Å². The van der Waals surface area contributed by atoms with E-state index in [9.17, 15) is 19.5 Å². The molecule has 3 aromatic rings. The highest BCUT2D eigenvalue weighted by atomic mass is 16.5. The third-order valence-electron chi connectivity index (χ3n) is 7.57. The van der Waals surface area contributed by atoms with E-state index in [0.717, 1.165) is 39.5 Å². The molecule has 3 heterocycles. The van der Waals surface area contributed by atoms with Crippen LogP contribution < -0.4 is 20.7 Å². The highest BCUT2D eigenvalue weighted by Crippen LogP contribution is 2.35. The molecule has 0 radical (unpaired) electrons. The van der Waals surface area contributed by atoms with Crippen LogP contribution in [0.4, 0.5) is 0 Å². The first-order valence-electron chi connectivity index (χ1n) is 13.3. The average molecular weight is 553 g/mol. The van der Waals surface area contributed by atoms with E-state index < -0.39 is 11.9 Å². The molecular weight excluding hydrogens is 524 g/mol. The van der Waals surface area contributed by atoms with Gasteiger partial charge in [-0.2, -0.15) is 0 Å². The van der Waals surface area contributed by atoms with Gasteiger partial charge >= 0.3 is 5.97 Å². The molecule has 6 rings (SSSR count). The number of carbonyl (C=O) groups excluding carboxylic acids is 2. The second kappa shape index (κ2) is 10.4. The van der Waals surface area contributed by atoms with Gasteiger partial charge < -0.3 is 25.8 Å². The largest absolute Gasteiger partial charge is 0.483 e. The maximum atomic E-state index is 13.3. The number of amides is 2. The van der Waals surface area contributed by atoms with E-state index in [4.69, 9.17) is 4.74 Å². The molecule has 3 aliphatic rings. The molecule has 0 fully saturated rings. The van der Waals surface area contributed by atoms with E-state index in [-0.39, 0.29) is 35.5 Å². The van der Waals surface area contributed by atoms with Crippen molar-refractivity contribution in [3.05, 3.63) is 100 Å². The number of carbonyl (C=O) groups is 3. The van der Waals surface area contributed by atoms with Crippen molar-refractivity contribution < 1.29 is 24.2 Å². The van der Waals surface area contributed by atoms with E-state index in [2.05, 4.69) is 25.9 Å². The standard InChI is InChI=1S/C30H28N6O5/c1-3-26-33-22(28(37)32-14-17-4-9-25-24(12-17)36-11-10-31-27(36)15-41-25)13-23(34-26)29(38)35-21-8-7-18-16(2)19(30(39)40)5-6-20(18)21/h3-6,9-13,21,33H,7-8,14-15H2,1-2H3,(H,32,37)(H,35,38)(H,39,40)/b26-3-. The smallest absolute Gasteiger partial charge is 0.335 e. The molecular formula is C30H28N6O5. The van der Waals surface area contributed by atoms with Gasteiger partial charge in [-0.1, -0.05) is 12.1 Å². The Balaban J connectivity index is 1.15. The number of aromatic nitrogens is 2. The third-order valence-corrected chi connectivity index (χ3v) is 7.57. The number of nitrogens with zero attached hydrogens (tertiary/aromatic N) is 3. The summed E-state index contributed by atoms with van der Waals surface area (Å²) >= 11 is 0. The quantitative estimate of drug-likeness (QED) is 0.368. The topological polar surface area (TPSA) is 147 Å². The highest BCUT2D eigenvalue weighted by Gasteiger charge is 2.29. The van der Waals surface area contributed by atoms with E-state index in [1.807, 2.05) is 29.0 Å². The van der Waals surface area contributed by atoms with Gasteiger partial charge in [0.1, 0.15) is 29.6 Å². The van der Waals surface area contributed by atoms with Gasteiger partial charge in [-0.05, 0) is 79.3 Å². The number of hydrogen-bond acceptors (Lipinski definition) is 7. The van der Waals surface area contributed by atoms with E-state index >= 15 is 0 Å². The first-order valence-corrected chi connectivity index (χ1v) is 13.3. The zero-order valence-electron chi connectivity index (χ0n) is 22.5. The van der Waals surface area contributed by atoms with E-state index in [1.165, 1.54) is 6.08 Å². The average Bonchev–Trinajstić information content (AvgIpc) is 3.63. The number of rotatable bonds is 6. The maximum Gasteiger partial charge on any atom is 0.335 e. The fourth-order valence-corrected chi connectivity index (χ4v) is 5.43. The minimum Gasteiger partial charge on any atom is -0.483 e. The van der Waals surface area contributed by atoms with Crippen LogP contribution in [0, 0.1) is 6.92 Å². The second-order valence-electron chi connectivity index (χ2n) is 10.0. The number of carboxylic acids is 1. The Kier molecular flexibility index (Phi) is 6.62. The molecule has 11 nitrogen and oxygen atoms in total. The number of benzene rings is 2. The predicted octanol–water partition coefficient (Wildman–Crippen LogP) is 2.98. The van der Waals surface area contributed by atoms with Crippen molar-refractivity contribution in [2.45, 2.75) is 45.9 Å². The van der Waals surface area contributed by atoms with E-state index in [0.29, 0.717) is 25.3 Å². The van der Waals surface area contributed by atoms with Crippen molar-refractivity contribution in [3.63, 3.8) is 0 Å². The van der Waals surface area contributed by atoms with Crippen LogP contribution in [0.5, 0.6) is 5.75 Å². The minimum absolute atomic E-state index is 0.105. The van der Waals surface area contributed by atoms with Crippen LogP contribution in [-0.2, 0) is 29.2 Å². The van der Waals surface area contributed by atoms with Gasteiger partial charge in [0.05, 0.1) is 17.3 Å². The summed E-state index contributed by atoms with van der Waals surface area (Å²) in [5, 5.41) is 18.3. The van der Waals surface area contributed by atoms with Crippen molar-refractivity contribution in [2.75, 3.05) is 0 Å². The van der Waals surface area contributed by atoms with Crippen molar-refractivity contribution in [3.8, 4) is 11.4 Å². The lowest BCUT2D eigenvalue weighted by Gasteiger charge is -2.21. The van der Waals surface area contributed by atoms with Crippen molar-refractivity contribution in [1.29, 1.82) is 0 Å². The van der Waals surface area contributed by atoms with Crippen LogP contribution in [0.25, 0.3) is 5.69 Å². The zero-order chi connectivity index (χ0) is 28.7. The first-order chi connectivity index (χ1) is 19.8. The summed E-state index contributed by atoms with van der Waals surface area (Å²) in [4.78, 5) is 46.6. The molecule has 0 bridgehead atoms. The molecule has 11 heteroatoms. The van der Waals surface area contributed by atoms with Crippen LogP contribution >= 0.6 is 0 Å². The summed E-state index contributed by atoms with van der Waals surface area (Å²) < 4.78 is 7.72. The lowest BCUT2D eigenvalue weighted by Crippen LogP contribution is -2.38. The molecule has 208 valence electrons. The fraction of sp³-hybridized carbons (Fsp3) is 0.233. The Morgan fingerprint density at radius 2 is 2.07 bits per heavy atom. The van der Waals surface area contributed by atoms with Crippen LogP contribution in [0.3, 0.4) is 0 Å². The van der Waals surface area contributed by atoms with Gasteiger partial charge in [0.25, 0.3) is 11.8 Å². The number of carboxylic acid groups (broad SMARTS) is 1. The molecule has 41 heavy (non-hydrogen) atoms. The molecule has 2 aromatic carbocycles. The van der Waals surface area contributed by atoms with Crippen molar-refractivity contribution in [2.24, 2.45) is 4.99 Å².